The lowest BCUT2D eigenvalue weighted by molar-refractivity contribution is 0.310. The molecule has 0 unspecified atom stereocenters. The second-order valence-electron chi connectivity index (χ2n) is 3.76. The Morgan fingerprint density at radius 3 is 2.39 bits per heavy atom. The molecule has 1 aliphatic heterocycles. The molecule has 0 spiro atoms. The summed E-state index contributed by atoms with van der Waals surface area (Å²) in [6, 6.07) is 1.36. The van der Waals surface area contributed by atoms with Crippen LogP contribution >= 0.6 is 34.5 Å². The quantitative estimate of drug-likeness (QED) is 0.670. The fourth-order valence-electron chi connectivity index (χ4n) is 1.72. The van der Waals surface area contributed by atoms with E-state index < -0.39 is 10.0 Å². The topological polar surface area (TPSA) is 70.0 Å². The van der Waals surface area contributed by atoms with Gasteiger partial charge >= 0.3 is 0 Å². The van der Waals surface area contributed by atoms with Gasteiger partial charge in [-0.15, -0.1) is 11.3 Å². The van der Waals surface area contributed by atoms with Crippen LogP contribution in [0.1, 0.15) is 12.8 Å². The van der Waals surface area contributed by atoms with Crippen molar-refractivity contribution in [3.8, 4) is 0 Å². The predicted octanol–water partition coefficient (Wildman–Crippen LogP) is 2.67. The number of rotatable bonds is 2. The van der Waals surface area contributed by atoms with E-state index in [0.29, 0.717) is 22.9 Å². The van der Waals surface area contributed by atoms with Crippen molar-refractivity contribution in [1.82, 2.24) is 4.31 Å². The summed E-state index contributed by atoms with van der Waals surface area (Å²) < 4.78 is 26.4. The first-order valence-electron chi connectivity index (χ1n) is 5.10. The van der Waals surface area contributed by atoms with Crippen LogP contribution in [0, 0.1) is 0 Å². The molecule has 0 amide bonds. The monoisotopic (exact) mass is 328 g/mol. The van der Waals surface area contributed by atoms with E-state index in [1.165, 1.54) is 10.4 Å². The van der Waals surface area contributed by atoms with Crippen molar-refractivity contribution < 1.29 is 13.6 Å². The first-order valence-corrected chi connectivity index (χ1v) is 8.11. The molecule has 1 aromatic heterocycles. The van der Waals surface area contributed by atoms with E-state index in [2.05, 4.69) is 5.16 Å². The number of oxime groups is 1. The van der Waals surface area contributed by atoms with Gasteiger partial charge in [0, 0.05) is 25.9 Å². The molecule has 1 aliphatic rings. The van der Waals surface area contributed by atoms with Crippen molar-refractivity contribution in [2.45, 2.75) is 17.7 Å². The zero-order valence-corrected chi connectivity index (χ0v) is 12.3. The average molecular weight is 329 g/mol. The van der Waals surface area contributed by atoms with Gasteiger partial charge in [0.1, 0.15) is 9.23 Å². The summed E-state index contributed by atoms with van der Waals surface area (Å²) in [5.74, 6) is 0. The molecule has 5 nitrogen and oxygen atoms in total. The number of hydrogen-bond acceptors (Lipinski definition) is 5. The van der Waals surface area contributed by atoms with Gasteiger partial charge in [-0.3, -0.25) is 0 Å². The number of piperidine rings is 1. The van der Waals surface area contributed by atoms with Crippen LogP contribution in [0.2, 0.25) is 8.67 Å². The smallest absolute Gasteiger partial charge is 0.245 e. The lowest BCUT2D eigenvalue weighted by Crippen LogP contribution is -2.38. The second-order valence-corrected chi connectivity index (χ2v) is 7.95. The largest absolute Gasteiger partial charge is 0.411 e. The second kappa shape index (κ2) is 5.34. The van der Waals surface area contributed by atoms with Gasteiger partial charge in [-0.05, 0) is 6.07 Å². The van der Waals surface area contributed by atoms with Gasteiger partial charge in [0.15, 0.2) is 0 Å². The SMILES string of the molecule is O=S(=O)(c1cc(Cl)sc1Cl)N1CCC(=NO)CC1. The van der Waals surface area contributed by atoms with E-state index >= 15 is 0 Å². The normalized spacial score (nSPS) is 18.0. The molecule has 9 heteroatoms. The number of halogens is 2. The highest BCUT2D eigenvalue weighted by atomic mass is 35.5. The fourth-order valence-corrected chi connectivity index (χ4v) is 5.28. The Bertz CT molecular complexity index is 573. The Kier molecular flexibility index (Phi) is 4.18. The third kappa shape index (κ3) is 2.65. The first kappa shape index (κ1) is 14.1. The van der Waals surface area contributed by atoms with Crippen LogP contribution in [0.15, 0.2) is 16.1 Å². The summed E-state index contributed by atoms with van der Waals surface area (Å²) in [4.78, 5) is 0.0450. The molecule has 1 fully saturated rings. The highest BCUT2D eigenvalue weighted by molar-refractivity contribution is 7.89. The zero-order valence-electron chi connectivity index (χ0n) is 9.14. The van der Waals surface area contributed by atoms with Gasteiger partial charge < -0.3 is 5.21 Å². The van der Waals surface area contributed by atoms with Crippen molar-refractivity contribution in [3.63, 3.8) is 0 Å². The van der Waals surface area contributed by atoms with Crippen LogP contribution in [0.25, 0.3) is 0 Å². The van der Waals surface area contributed by atoms with E-state index in [1.54, 1.807) is 0 Å². The zero-order chi connectivity index (χ0) is 13.3. The number of sulfonamides is 1. The van der Waals surface area contributed by atoms with Gasteiger partial charge in [-0.25, -0.2) is 8.42 Å². The van der Waals surface area contributed by atoms with Crippen LogP contribution < -0.4 is 0 Å². The molecule has 18 heavy (non-hydrogen) atoms. The molecule has 1 aromatic rings. The Morgan fingerprint density at radius 1 is 1.33 bits per heavy atom. The van der Waals surface area contributed by atoms with Gasteiger partial charge in [-0.2, -0.15) is 4.31 Å². The molecule has 2 heterocycles. The van der Waals surface area contributed by atoms with Gasteiger partial charge in [0.05, 0.1) is 10.0 Å². The number of thiophene rings is 1. The molecule has 0 aliphatic carbocycles. The van der Waals surface area contributed by atoms with Crippen LogP contribution in [0.5, 0.6) is 0 Å². The minimum atomic E-state index is -3.61. The first-order chi connectivity index (χ1) is 8.45. The number of nitrogens with zero attached hydrogens (tertiary/aromatic N) is 2. The van der Waals surface area contributed by atoms with E-state index in [9.17, 15) is 8.42 Å². The molecule has 0 radical (unpaired) electrons. The molecule has 1 N–H and O–H groups in total. The molecule has 100 valence electrons. The van der Waals surface area contributed by atoms with Crippen molar-refractivity contribution >= 4 is 50.3 Å². The summed E-state index contributed by atoms with van der Waals surface area (Å²) in [5, 5.41) is 11.7. The predicted molar refractivity (Wildman–Crippen MR) is 71.6 cm³/mol. The fraction of sp³-hybridized carbons (Fsp3) is 0.444. The lowest BCUT2D eigenvalue weighted by Gasteiger charge is -2.26. The maximum Gasteiger partial charge on any atom is 0.245 e. The standard InChI is InChI=1S/C9H10Cl2N2O3S2/c10-8-5-7(9(11)17-8)18(15,16)13-3-1-6(12-14)2-4-13/h5,14H,1-4H2. The molecule has 0 saturated carbocycles. The van der Waals surface area contributed by atoms with Gasteiger partial charge in [0.2, 0.25) is 10.0 Å². The maximum atomic E-state index is 12.3. The van der Waals surface area contributed by atoms with E-state index in [4.69, 9.17) is 28.4 Å². The highest BCUT2D eigenvalue weighted by Crippen LogP contribution is 2.36. The Balaban J connectivity index is 2.25. The minimum absolute atomic E-state index is 0.0450. The van der Waals surface area contributed by atoms with E-state index in [1.807, 2.05) is 0 Å². The van der Waals surface area contributed by atoms with E-state index in [0.717, 1.165) is 11.3 Å². The summed E-state index contributed by atoms with van der Waals surface area (Å²) in [5.41, 5.74) is 0.607. The molecular weight excluding hydrogens is 319 g/mol. The molecule has 1 saturated heterocycles. The molecular formula is C9H10Cl2N2O3S2. The third-order valence-corrected chi connectivity index (χ3v) is 6.34. The number of hydrogen-bond donors (Lipinski definition) is 1. The van der Waals surface area contributed by atoms with Gasteiger partial charge in [-0.1, -0.05) is 28.4 Å². The summed E-state index contributed by atoms with van der Waals surface area (Å²) in [7, 11) is -3.61. The molecule has 2 rings (SSSR count). The van der Waals surface area contributed by atoms with Crippen LogP contribution in [-0.4, -0.2) is 36.7 Å². The summed E-state index contributed by atoms with van der Waals surface area (Å²) in [6.45, 7) is 0.567. The van der Waals surface area contributed by atoms with Crippen molar-refractivity contribution in [2.24, 2.45) is 5.16 Å². The van der Waals surface area contributed by atoms with Crippen molar-refractivity contribution in [1.29, 1.82) is 0 Å². The highest BCUT2D eigenvalue weighted by Gasteiger charge is 2.30. The molecule has 0 atom stereocenters. The Hall–Kier alpha value is -0.340. The van der Waals surface area contributed by atoms with Crippen LogP contribution in [0.3, 0.4) is 0 Å². The lowest BCUT2D eigenvalue weighted by atomic mass is 10.1. The summed E-state index contributed by atoms with van der Waals surface area (Å²) >= 11 is 12.7. The van der Waals surface area contributed by atoms with Gasteiger partial charge in [0.25, 0.3) is 0 Å². The van der Waals surface area contributed by atoms with Crippen LogP contribution in [-0.2, 0) is 10.0 Å². The molecule has 0 bridgehead atoms. The maximum absolute atomic E-state index is 12.3. The third-order valence-electron chi connectivity index (χ3n) is 2.68. The van der Waals surface area contributed by atoms with Crippen LogP contribution in [0.4, 0.5) is 0 Å². The van der Waals surface area contributed by atoms with Crippen molar-refractivity contribution in [3.05, 3.63) is 14.7 Å². The van der Waals surface area contributed by atoms with Crippen molar-refractivity contribution in [2.75, 3.05) is 13.1 Å². The minimum Gasteiger partial charge on any atom is -0.411 e. The summed E-state index contributed by atoms with van der Waals surface area (Å²) in [6.07, 6.45) is 0.844. The van der Waals surface area contributed by atoms with E-state index in [-0.39, 0.29) is 22.3 Å². The Labute approximate surface area is 119 Å². The molecule has 0 aromatic carbocycles. The average Bonchev–Trinajstić information content (AvgIpc) is 2.69. The Morgan fingerprint density at radius 2 is 1.94 bits per heavy atom.